The SMILES string of the molecule is CC(C)(C)C1CCC(OCC(O)CN2CCN(CCO)CC2)CC1.[Cl-].[Cl-]. The average molecular weight is 413 g/mol. The largest absolute Gasteiger partial charge is 1.00 e. The van der Waals surface area contributed by atoms with Gasteiger partial charge in [-0.25, -0.2) is 0 Å². The highest BCUT2D eigenvalue weighted by atomic mass is 35.5. The number of nitrogens with zero attached hydrogens (tertiary/aromatic N) is 2. The molecule has 2 aliphatic rings. The van der Waals surface area contributed by atoms with E-state index in [1.807, 2.05) is 0 Å². The highest BCUT2D eigenvalue weighted by Crippen LogP contribution is 2.38. The zero-order chi connectivity index (χ0) is 17.6. The fraction of sp³-hybridized carbons (Fsp3) is 1.00. The van der Waals surface area contributed by atoms with E-state index in [1.54, 1.807) is 0 Å². The smallest absolute Gasteiger partial charge is 0.0900 e. The Morgan fingerprint density at radius 3 is 2.00 bits per heavy atom. The van der Waals surface area contributed by atoms with Gasteiger partial charge in [0.05, 0.1) is 25.4 Å². The van der Waals surface area contributed by atoms with Crippen LogP contribution in [0.25, 0.3) is 0 Å². The van der Waals surface area contributed by atoms with E-state index in [-0.39, 0.29) is 31.4 Å². The molecule has 0 radical (unpaired) electrons. The summed E-state index contributed by atoms with van der Waals surface area (Å²) in [6.45, 7) is 13.0. The predicted molar refractivity (Wildman–Crippen MR) is 97.1 cm³/mol. The number of rotatable bonds is 7. The third-order valence-corrected chi connectivity index (χ3v) is 5.77. The van der Waals surface area contributed by atoms with Crippen LogP contribution in [0.3, 0.4) is 0 Å². The minimum Gasteiger partial charge on any atom is -1.00 e. The highest BCUT2D eigenvalue weighted by molar-refractivity contribution is 4.81. The maximum Gasteiger partial charge on any atom is 0.0900 e. The minimum atomic E-state index is -0.394. The van der Waals surface area contributed by atoms with E-state index in [9.17, 15) is 5.11 Å². The molecule has 2 N–H and O–H groups in total. The molecule has 0 spiro atoms. The number of β-amino-alcohol motifs (C(OH)–C–C–N with tert-alkyl or cyclic N) is 2. The molecule has 1 atom stereocenters. The van der Waals surface area contributed by atoms with Crippen LogP contribution in [0.2, 0.25) is 0 Å². The van der Waals surface area contributed by atoms with E-state index in [2.05, 4.69) is 30.6 Å². The molecule has 1 saturated carbocycles. The van der Waals surface area contributed by atoms with Gasteiger partial charge in [0, 0.05) is 39.3 Å². The summed E-state index contributed by atoms with van der Waals surface area (Å²) in [5.74, 6) is 0.803. The summed E-state index contributed by atoms with van der Waals surface area (Å²) in [7, 11) is 0. The summed E-state index contributed by atoms with van der Waals surface area (Å²) < 4.78 is 5.99. The van der Waals surface area contributed by atoms with Gasteiger partial charge in [-0.1, -0.05) is 20.8 Å². The normalized spacial score (nSPS) is 26.7. The fourth-order valence-electron chi connectivity index (χ4n) is 4.03. The highest BCUT2D eigenvalue weighted by Gasteiger charge is 2.30. The monoisotopic (exact) mass is 412 g/mol. The van der Waals surface area contributed by atoms with Crippen LogP contribution in [0.15, 0.2) is 0 Å². The molecule has 1 heterocycles. The summed E-state index contributed by atoms with van der Waals surface area (Å²) in [5, 5.41) is 19.2. The Kier molecular flexibility index (Phi) is 12.9. The van der Waals surface area contributed by atoms with Crippen LogP contribution < -0.4 is 24.8 Å². The van der Waals surface area contributed by atoms with Crippen molar-refractivity contribution in [1.29, 1.82) is 0 Å². The Hall–Kier alpha value is 0.380. The first-order valence-electron chi connectivity index (χ1n) is 9.73. The second-order valence-electron chi connectivity index (χ2n) is 8.69. The van der Waals surface area contributed by atoms with Crippen LogP contribution in [0.1, 0.15) is 46.5 Å². The van der Waals surface area contributed by atoms with Crippen LogP contribution in [0.4, 0.5) is 0 Å². The van der Waals surface area contributed by atoms with Crippen molar-refractivity contribution in [1.82, 2.24) is 9.80 Å². The molecule has 7 heteroatoms. The molecule has 26 heavy (non-hydrogen) atoms. The molecule has 0 bridgehead atoms. The molecule has 1 unspecified atom stereocenters. The second kappa shape index (κ2) is 12.8. The molecule has 0 aromatic heterocycles. The molecule has 0 aromatic rings. The standard InChI is InChI=1S/C19H38N2O3.2ClH/c1-19(2,3)16-4-6-18(7-5-16)24-15-17(23)14-21-10-8-20(9-11-21)12-13-22;;/h16-18,22-23H,4-15H2,1-3H3;2*1H/p-2. The van der Waals surface area contributed by atoms with E-state index in [0.717, 1.165) is 51.5 Å². The topological polar surface area (TPSA) is 56.2 Å². The van der Waals surface area contributed by atoms with Crippen molar-refractivity contribution in [3.8, 4) is 0 Å². The van der Waals surface area contributed by atoms with Crippen LogP contribution in [0.5, 0.6) is 0 Å². The summed E-state index contributed by atoms with van der Waals surface area (Å²) in [5.41, 5.74) is 0.405. The molecule has 1 aliphatic carbocycles. The quantitative estimate of drug-likeness (QED) is 0.442. The van der Waals surface area contributed by atoms with Crippen molar-refractivity contribution < 1.29 is 39.8 Å². The van der Waals surface area contributed by atoms with E-state index >= 15 is 0 Å². The van der Waals surface area contributed by atoms with Gasteiger partial charge in [-0.3, -0.25) is 9.80 Å². The van der Waals surface area contributed by atoms with Crippen LogP contribution in [-0.4, -0.2) is 84.7 Å². The Morgan fingerprint density at radius 2 is 1.50 bits per heavy atom. The number of hydrogen-bond donors (Lipinski definition) is 2. The lowest BCUT2D eigenvalue weighted by molar-refractivity contribution is -0.0473. The average Bonchev–Trinajstić information content (AvgIpc) is 2.55. The number of piperazine rings is 1. The van der Waals surface area contributed by atoms with Gasteiger partial charge in [0.25, 0.3) is 0 Å². The van der Waals surface area contributed by atoms with E-state index in [4.69, 9.17) is 9.84 Å². The lowest BCUT2D eigenvalue weighted by Crippen LogP contribution is -3.00. The van der Waals surface area contributed by atoms with Crippen molar-refractivity contribution >= 4 is 0 Å². The molecule has 158 valence electrons. The summed E-state index contributed by atoms with van der Waals surface area (Å²) in [4.78, 5) is 4.57. The molecular formula is C19H38Cl2N2O3-2. The van der Waals surface area contributed by atoms with Gasteiger partial charge in [0.15, 0.2) is 0 Å². The van der Waals surface area contributed by atoms with Crippen LogP contribution >= 0.6 is 0 Å². The van der Waals surface area contributed by atoms with Crippen molar-refractivity contribution in [2.24, 2.45) is 11.3 Å². The van der Waals surface area contributed by atoms with Crippen molar-refractivity contribution in [2.75, 3.05) is 52.5 Å². The van der Waals surface area contributed by atoms with Gasteiger partial charge >= 0.3 is 0 Å². The third-order valence-electron chi connectivity index (χ3n) is 5.77. The first kappa shape index (κ1) is 26.4. The third kappa shape index (κ3) is 9.05. The molecule has 1 aliphatic heterocycles. The first-order valence-corrected chi connectivity index (χ1v) is 9.73. The zero-order valence-corrected chi connectivity index (χ0v) is 18.2. The van der Waals surface area contributed by atoms with E-state index in [0.29, 0.717) is 24.7 Å². The Balaban J connectivity index is 0.00000312. The summed E-state index contributed by atoms with van der Waals surface area (Å²) in [6, 6.07) is 0. The van der Waals surface area contributed by atoms with Crippen LogP contribution in [0, 0.1) is 11.3 Å². The number of ether oxygens (including phenoxy) is 1. The molecule has 5 nitrogen and oxygen atoms in total. The second-order valence-corrected chi connectivity index (χ2v) is 8.69. The number of aliphatic hydroxyl groups is 2. The van der Waals surface area contributed by atoms with Gasteiger partial charge in [0.1, 0.15) is 0 Å². The van der Waals surface area contributed by atoms with Gasteiger partial charge in [-0.15, -0.1) is 0 Å². The molecule has 0 amide bonds. The van der Waals surface area contributed by atoms with E-state index in [1.165, 1.54) is 12.8 Å². The number of hydrogen-bond acceptors (Lipinski definition) is 5. The number of aliphatic hydroxyl groups excluding tert-OH is 2. The van der Waals surface area contributed by atoms with Crippen LogP contribution in [-0.2, 0) is 4.74 Å². The molecule has 1 saturated heterocycles. The molecule has 0 aromatic carbocycles. The van der Waals surface area contributed by atoms with E-state index < -0.39 is 6.10 Å². The van der Waals surface area contributed by atoms with Crippen molar-refractivity contribution in [3.63, 3.8) is 0 Å². The Bertz CT molecular complexity index is 353. The van der Waals surface area contributed by atoms with Gasteiger partial charge < -0.3 is 39.8 Å². The van der Waals surface area contributed by atoms with Gasteiger partial charge in [0.2, 0.25) is 0 Å². The summed E-state index contributed by atoms with van der Waals surface area (Å²) in [6.07, 6.45) is 4.70. The lowest BCUT2D eigenvalue weighted by Gasteiger charge is -2.37. The van der Waals surface area contributed by atoms with Gasteiger partial charge in [-0.05, 0) is 37.0 Å². The number of halogens is 2. The summed E-state index contributed by atoms with van der Waals surface area (Å²) >= 11 is 0. The molecule has 2 rings (SSSR count). The minimum absolute atomic E-state index is 0. The lowest BCUT2D eigenvalue weighted by atomic mass is 9.72. The first-order chi connectivity index (χ1) is 11.4. The fourth-order valence-corrected chi connectivity index (χ4v) is 4.03. The van der Waals surface area contributed by atoms with Crippen molar-refractivity contribution in [2.45, 2.75) is 58.7 Å². The van der Waals surface area contributed by atoms with Crippen molar-refractivity contribution in [3.05, 3.63) is 0 Å². The Labute approximate surface area is 172 Å². The van der Waals surface area contributed by atoms with Gasteiger partial charge in [-0.2, -0.15) is 0 Å². The maximum absolute atomic E-state index is 10.3. The predicted octanol–water partition coefficient (Wildman–Crippen LogP) is -4.41. The molecule has 2 fully saturated rings. The maximum atomic E-state index is 10.3. The Morgan fingerprint density at radius 1 is 0.962 bits per heavy atom. The molecular weight excluding hydrogens is 375 g/mol. The zero-order valence-electron chi connectivity index (χ0n) is 16.7.